The van der Waals surface area contributed by atoms with E-state index in [0.717, 1.165) is 20.8 Å². The number of thiazole rings is 1. The maximum Gasteiger partial charge on any atom is 0.269 e. The van der Waals surface area contributed by atoms with Crippen LogP contribution in [-0.4, -0.2) is 4.92 Å². The first-order valence-corrected chi connectivity index (χ1v) is 7.19. The van der Waals surface area contributed by atoms with Gasteiger partial charge in [-0.2, -0.15) is 4.57 Å². The molecule has 4 nitrogen and oxygen atoms in total. The molecule has 0 radical (unpaired) electrons. The Balaban J connectivity index is 0.00000161. The summed E-state index contributed by atoms with van der Waals surface area (Å²) in [4.78, 5) is 10.2. The molecule has 0 fully saturated rings. The van der Waals surface area contributed by atoms with Gasteiger partial charge < -0.3 is 17.0 Å². The van der Waals surface area contributed by atoms with Crippen LogP contribution in [0.5, 0.6) is 0 Å². The number of aromatic nitrogens is 1. The predicted octanol–water partition coefficient (Wildman–Crippen LogP) is 0.803. The molecule has 0 unspecified atom stereocenters. The molecule has 0 atom stereocenters. The standard InChI is InChI=1S/C14H10ClN2O2S.BrH/c15-11-3-6-13-14(7-11)20-9-16(13)8-10-1-4-12(5-2-10)17(18)19;/h1-7,9H,8H2;1H/q+1;/p-1. The van der Waals surface area contributed by atoms with Crippen molar-refractivity contribution in [1.29, 1.82) is 0 Å². The smallest absolute Gasteiger partial charge is 0.269 e. The number of hydrogen-bond acceptors (Lipinski definition) is 3. The lowest BCUT2D eigenvalue weighted by atomic mass is 10.2. The number of halogens is 2. The third-order valence-corrected chi connectivity index (χ3v) is 4.21. The number of non-ortho nitro benzene ring substituents is 1. The number of nitro groups is 1. The number of nitrogens with zero attached hydrogens (tertiary/aromatic N) is 2. The van der Waals surface area contributed by atoms with E-state index < -0.39 is 0 Å². The molecule has 0 aliphatic carbocycles. The Hall–Kier alpha value is -1.50. The van der Waals surface area contributed by atoms with Crippen molar-refractivity contribution in [3.63, 3.8) is 0 Å². The van der Waals surface area contributed by atoms with Crippen LogP contribution in [-0.2, 0) is 6.54 Å². The summed E-state index contributed by atoms with van der Waals surface area (Å²) in [5.41, 5.74) is 4.27. The topological polar surface area (TPSA) is 47.0 Å². The predicted molar refractivity (Wildman–Crippen MR) is 79.2 cm³/mol. The van der Waals surface area contributed by atoms with Crippen molar-refractivity contribution in [2.24, 2.45) is 0 Å². The minimum Gasteiger partial charge on any atom is -1.00 e. The van der Waals surface area contributed by atoms with Gasteiger partial charge in [0.15, 0.2) is 6.54 Å². The fourth-order valence-electron chi connectivity index (χ4n) is 2.04. The average molecular weight is 386 g/mol. The Morgan fingerprint density at radius 2 is 1.90 bits per heavy atom. The summed E-state index contributed by atoms with van der Waals surface area (Å²) in [6.45, 7) is 0.680. The van der Waals surface area contributed by atoms with E-state index in [1.807, 2.05) is 23.7 Å². The summed E-state index contributed by atoms with van der Waals surface area (Å²) < 4.78 is 3.23. The quantitative estimate of drug-likeness (QED) is 0.380. The van der Waals surface area contributed by atoms with Gasteiger partial charge in [0.05, 0.1) is 4.92 Å². The second kappa shape index (κ2) is 6.51. The number of hydrogen-bond donors (Lipinski definition) is 0. The van der Waals surface area contributed by atoms with Crippen LogP contribution in [0.2, 0.25) is 5.02 Å². The highest BCUT2D eigenvalue weighted by Crippen LogP contribution is 2.21. The molecule has 0 saturated heterocycles. The van der Waals surface area contributed by atoms with E-state index >= 15 is 0 Å². The molecule has 0 saturated carbocycles. The molecule has 7 heteroatoms. The molecule has 0 aliphatic heterocycles. The number of benzene rings is 2. The highest BCUT2D eigenvalue weighted by Gasteiger charge is 2.13. The van der Waals surface area contributed by atoms with Crippen molar-refractivity contribution in [1.82, 2.24) is 0 Å². The van der Waals surface area contributed by atoms with Crippen LogP contribution in [0.1, 0.15) is 5.56 Å². The van der Waals surface area contributed by atoms with Crippen LogP contribution < -0.4 is 21.5 Å². The van der Waals surface area contributed by atoms with Gasteiger partial charge in [-0.05, 0) is 24.3 Å². The van der Waals surface area contributed by atoms with Gasteiger partial charge in [0.2, 0.25) is 11.0 Å². The van der Waals surface area contributed by atoms with E-state index in [2.05, 4.69) is 4.57 Å². The second-order valence-corrected chi connectivity index (χ2v) is 5.71. The third-order valence-electron chi connectivity index (χ3n) is 3.04. The van der Waals surface area contributed by atoms with Crippen LogP contribution in [0.3, 0.4) is 0 Å². The van der Waals surface area contributed by atoms with E-state index in [9.17, 15) is 10.1 Å². The van der Waals surface area contributed by atoms with Crippen molar-refractivity contribution in [2.45, 2.75) is 6.54 Å². The fraction of sp³-hybridized carbons (Fsp3) is 0.0714. The van der Waals surface area contributed by atoms with Crippen molar-refractivity contribution < 1.29 is 26.5 Å². The second-order valence-electron chi connectivity index (χ2n) is 4.39. The summed E-state index contributed by atoms with van der Waals surface area (Å²) in [7, 11) is 0. The molecule has 0 aliphatic rings. The van der Waals surface area contributed by atoms with Gasteiger partial charge in [-0.15, -0.1) is 0 Å². The zero-order chi connectivity index (χ0) is 14.1. The average Bonchev–Trinajstić information content (AvgIpc) is 2.81. The third kappa shape index (κ3) is 3.40. The molecule has 1 heterocycles. The number of rotatable bonds is 3. The van der Waals surface area contributed by atoms with Gasteiger partial charge in [-0.1, -0.05) is 22.9 Å². The molecule has 1 aromatic heterocycles. The molecule has 21 heavy (non-hydrogen) atoms. The molecule has 2 aromatic carbocycles. The molecular weight excluding hydrogens is 376 g/mol. The molecule has 3 aromatic rings. The zero-order valence-corrected chi connectivity index (χ0v) is 13.9. The monoisotopic (exact) mass is 384 g/mol. The fourth-order valence-corrected chi connectivity index (χ4v) is 3.21. The Bertz CT molecular complexity index is 789. The minimum atomic E-state index is -0.390. The molecule has 0 bridgehead atoms. The number of nitro benzene ring substituents is 1. The summed E-state index contributed by atoms with van der Waals surface area (Å²) in [5, 5.41) is 11.3. The summed E-state index contributed by atoms with van der Waals surface area (Å²) in [5.74, 6) is 0. The molecule has 0 spiro atoms. The highest BCUT2D eigenvalue weighted by molar-refractivity contribution is 7.16. The summed E-state index contributed by atoms with van der Waals surface area (Å²) >= 11 is 7.59. The highest BCUT2D eigenvalue weighted by atomic mass is 79.9. The van der Waals surface area contributed by atoms with Crippen molar-refractivity contribution >= 4 is 38.8 Å². The van der Waals surface area contributed by atoms with Gasteiger partial charge in [0.25, 0.3) is 5.69 Å². The van der Waals surface area contributed by atoms with Crippen LogP contribution in [0.4, 0.5) is 5.69 Å². The van der Waals surface area contributed by atoms with E-state index in [1.54, 1.807) is 23.5 Å². The first-order valence-electron chi connectivity index (χ1n) is 5.93. The minimum absolute atomic E-state index is 0. The van der Waals surface area contributed by atoms with E-state index in [-0.39, 0.29) is 27.6 Å². The lowest BCUT2D eigenvalue weighted by Gasteiger charge is -1.97. The Morgan fingerprint density at radius 1 is 1.19 bits per heavy atom. The van der Waals surface area contributed by atoms with E-state index in [1.165, 1.54) is 12.1 Å². The molecule has 3 rings (SSSR count). The van der Waals surface area contributed by atoms with Crippen molar-refractivity contribution in [3.8, 4) is 0 Å². The maximum atomic E-state index is 10.6. The Morgan fingerprint density at radius 3 is 2.57 bits per heavy atom. The molecule has 0 N–H and O–H groups in total. The molecule has 108 valence electrons. The maximum absolute atomic E-state index is 10.6. The zero-order valence-electron chi connectivity index (χ0n) is 10.7. The van der Waals surface area contributed by atoms with Gasteiger partial charge in [0, 0.05) is 28.8 Å². The normalized spacial score (nSPS) is 10.3. The van der Waals surface area contributed by atoms with Crippen LogP contribution >= 0.6 is 22.9 Å². The number of fused-ring (bicyclic) bond motifs is 1. The van der Waals surface area contributed by atoms with Gasteiger partial charge in [-0.25, -0.2) is 0 Å². The van der Waals surface area contributed by atoms with E-state index in [0.29, 0.717) is 6.54 Å². The lowest BCUT2D eigenvalue weighted by Crippen LogP contribution is -3.00. The summed E-state index contributed by atoms with van der Waals surface area (Å²) in [6, 6.07) is 12.4. The van der Waals surface area contributed by atoms with Crippen molar-refractivity contribution in [3.05, 3.63) is 68.7 Å². The van der Waals surface area contributed by atoms with Crippen LogP contribution in [0.15, 0.2) is 48.0 Å². The van der Waals surface area contributed by atoms with E-state index in [4.69, 9.17) is 11.6 Å². The SMILES string of the molecule is O=[N+]([O-])c1ccc(C[n+]2csc3cc(Cl)ccc32)cc1.[Br-]. The van der Waals surface area contributed by atoms with Crippen molar-refractivity contribution in [2.75, 3.05) is 0 Å². The first-order chi connectivity index (χ1) is 9.63. The van der Waals surface area contributed by atoms with Gasteiger partial charge >= 0.3 is 0 Å². The van der Waals surface area contributed by atoms with Crippen LogP contribution in [0, 0.1) is 10.1 Å². The molecular formula is C14H10BrClN2O2S. The summed E-state index contributed by atoms with van der Waals surface area (Å²) in [6.07, 6.45) is 0. The first kappa shape index (κ1) is 15.9. The van der Waals surface area contributed by atoms with Gasteiger partial charge in [-0.3, -0.25) is 10.1 Å². The van der Waals surface area contributed by atoms with Gasteiger partial charge in [0.1, 0.15) is 4.70 Å². The Kier molecular flexibility index (Phi) is 4.92. The largest absolute Gasteiger partial charge is 1.00 e. The van der Waals surface area contributed by atoms with Crippen LogP contribution in [0.25, 0.3) is 10.2 Å². The lowest BCUT2D eigenvalue weighted by molar-refractivity contribution is -0.658. The molecule has 0 amide bonds. The Labute approximate surface area is 140 Å².